The van der Waals surface area contributed by atoms with E-state index in [1.165, 1.54) is 0 Å². The molecule has 0 atom stereocenters. The molecular formula is C13H16N2O4. The number of nitrogens with zero attached hydrogens (tertiary/aromatic N) is 1. The van der Waals surface area contributed by atoms with Gasteiger partial charge in [-0.15, -0.1) is 0 Å². The first-order valence-electron chi connectivity index (χ1n) is 6.03. The molecule has 0 radical (unpaired) electrons. The normalized spacial score (nSPS) is 13.4. The zero-order valence-electron chi connectivity index (χ0n) is 10.7. The van der Waals surface area contributed by atoms with Crippen LogP contribution in [0.25, 0.3) is 0 Å². The molecule has 102 valence electrons. The standard InChI is InChI=1S/C13H16N2O4/c1-9-2-3-10-11(6-9)19-5-4-15(10)8-12(16)14-7-13(17)18/h2-3,6H,4-5,7-8H2,1H3,(H,14,16)(H,17,18). The average Bonchev–Trinajstić information content (AvgIpc) is 2.36. The minimum absolute atomic E-state index is 0.132. The number of ether oxygens (including phenoxy) is 1. The Bertz CT molecular complexity index is 501. The molecule has 1 aromatic carbocycles. The number of anilines is 1. The third-order valence-corrected chi connectivity index (χ3v) is 2.85. The number of hydrogen-bond donors (Lipinski definition) is 2. The van der Waals surface area contributed by atoms with Crippen LogP contribution in [0.5, 0.6) is 5.75 Å². The number of carbonyl (C=O) groups is 2. The van der Waals surface area contributed by atoms with Crippen molar-refractivity contribution in [3.8, 4) is 5.75 Å². The quantitative estimate of drug-likeness (QED) is 0.822. The Hall–Kier alpha value is -2.24. The predicted molar refractivity (Wildman–Crippen MR) is 69.5 cm³/mol. The van der Waals surface area contributed by atoms with Gasteiger partial charge in [0, 0.05) is 0 Å². The molecule has 1 heterocycles. The zero-order valence-corrected chi connectivity index (χ0v) is 10.7. The first-order chi connectivity index (χ1) is 9.06. The molecule has 0 fully saturated rings. The maximum Gasteiger partial charge on any atom is 0.322 e. The van der Waals surface area contributed by atoms with Gasteiger partial charge in [-0.1, -0.05) is 6.07 Å². The molecular weight excluding hydrogens is 248 g/mol. The van der Waals surface area contributed by atoms with Crippen molar-refractivity contribution in [1.29, 1.82) is 0 Å². The van der Waals surface area contributed by atoms with Gasteiger partial charge in [0.1, 0.15) is 18.9 Å². The van der Waals surface area contributed by atoms with Gasteiger partial charge in [0.2, 0.25) is 5.91 Å². The first kappa shape index (κ1) is 13.2. The molecule has 0 aromatic heterocycles. The van der Waals surface area contributed by atoms with Crippen molar-refractivity contribution >= 4 is 17.6 Å². The highest BCUT2D eigenvalue weighted by Gasteiger charge is 2.20. The fourth-order valence-corrected chi connectivity index (χ4v) is 1.95. The van der Waals surface area contributed by atoms with Gasteiger partial charge in [-0.25, -0.2) is 0 Å². The summed E-state index contributed by atoms with van der Waals surface area (Å²) in [6.45, 7) is 2.87. The Balaban J connectivity index is 2.03. The number of benzene rings is 1. The van der Waals surface area contributed by atoms with E-state index in [4.69, 9.17) is 9.84 Å². The lowest BCUT2D eigenvalue weighted by molar-refractivity contribution is -0.137. The van der Waals surface area contributed by atoms with Crippen LogP contribution in [0.2, 0.25) is 0 Å². The van der Waals surface area contributed by atoms with E-state index >= 15 is 0 Å². The van der Waals surface area contributed by atoms with Crippen LogP contribution in [0.1, 0.15) is 5.56 Å². The van der Waals surface area contributed by atoms with Crippen LogP contribution in [0.4, 0.5) is 5.69 Å². The van der Waals surface area contributed by atoms with Gasteiger partial charge in [-0.2, -0.15) is 0 Å². The predicted octanol–water partition coefficient (Wildman–Crippen LogP) is 0.395. The van der Waals surface area contributed by atoms with Gasteiger partial charge in [0.25, 0.3) is 0 Å². The summed E-state index contributed by atoms with van der Waals surface area (Å²) in [4.78, 5) is 23.9. The largest absolute Gasteiger partial charge is 0.490 e. The number of hydrogen-bond acceptors (Lipinski definition) is 4. The molecule has 19 heavy (non-hydrogen) atoms. The molecule has 0 spiro atoms. The Morgan fingerprint density at radius 3 is 3.00 bits per heavy atom. The van der Waals surface area contributed by atoms with Crippen LogP contribution in [-0.4, -0.2) is 43.2 Å². The van der Waals surface area contributed by atoms with Crippen LogP contribution < -0.4 is 15.0 Å². The highest BCUT2D eigenvalue weighted by molar-refractivity contribution is 5.85. The van der Waals surface area contributed by atoms with Crippen molar-refractivity contribution < 1.29 is 19.4 Å². The third-order valence-electron chi connectivity index (χ3n) is 2.85. The lowest BCUT2D eigenvalue weighted by Gasteiger charge is -2.30. The second-order valence-electron chi connectivity index (χ2n) is 4.41. The Morgan fingerprint density at radius 1 is 1.47 bits per heavy atom. The molecule has 6 heteroatoms. The van der Waals surface area contributed by atoms with Crippen LogP contribution in [0.15, 0.2) is 18.2 Å². The minimum Gasteiger partial charge on any atom is -0.490 e. The van der Waals surface area contributed by atoms with Gasteiger partial charge < -0.3 is 20.1 Å². The van der Waals surface area contributed by atoms with E-state index in [2.05, 4.69) is 5.32 Å². The summed E-state index contributed by atoms with van der Waals surface area (Å²) in [7, 11) is 0. The van der Waals surface area contributed by atoms with E-state index in [9.17, 15) is 9.59 Å². The van der Waals surface area contributed by atoms with E-state index in [1.54, 1.807) is 0 Å². The molecule has 1 aliphatic heterocycles. The van der Waals surface area contributed by atoms with E-state index in [0.29, 0.717) is 13.2 Å². The van der Waals surface area contributed by atoms with Crippen LogP contribution >= 0.6 is 0 Å². The summed E-state index contributed by atoms with van der Waals surface area (Å²) >= 11 is 0. The number of aliphatic carboxylic acids is 1. The van der Waals surface area contributed by atoms with Gasteiger partial charge in [0.15, 0.2) is 0 Å². The number of carboxylic acid groups (broad SMARTS) is 1. The number of aryl methyl sites for hydroxylation is 1. The number of fused-ring (bicyclic) bond motifs is 1. The number of carboxylic acids is 1. The summed E-state index contributed by atoms with van der Waals surface area (Å²) in [6, 6.07) is 5.79. The van der Waals surface area contributed by atoms with Gasteiger partial charge >= 0.3 is 5.97 Å². The Kier molecular flexibility index (Phi) is 3.89. The van der Waals surface area contributed by atoms with Crippen LogP contribution in [0, 0.1) is 6.92 Å². The lowest BCUT2D eigenvalue weighted by atomic mass is 10.1. The third kappa shape index (κ3) is 3.37. The summed E-state index contributed by atoms with van der Waals surface area (Å²) in [6.07, 6.45) is 0. The molecule has 0 aliphatic carbocycles. The molecule has 1 amide bonds. The number of amides is 1. The second-order valence-corrected chi connectivity index (χ2v) is 4.41. The first-order valence-corrected chi connectivity index (χ1v) is 6.03. The van der Waals surface area contributed by atoms with Crippen LogP contribution in [-0.2, 0) is 9.59 Å². The van der Waals surface area contributed by atoms with Crippen molar-refractivity contribution in [2.24, 2.45) is 0 Å². The summed E-state index contributed by atoms with van der Waals surface area (Å²) in [5.74, 6) is -0.598. The van der Waals surface area contributed by atoms with Gasteiger partial charge in [-0.05, 0) is 24.6 Å². The summed E-state index contributed by atoms with van der Waals surface area (Å²) in [5.41, 5.74) is 1.96. The molecule has 2 N–H and O–H groups in total. The zero-order chi connectivity index (χ0) is 13.8. The molecule has 0 saturated carbocycles. The van der Waals surface area contributed by atoms with Crippen LogP contribution in [0.3, 0.4) is 0 Å². The van der Waals surface area contributed by atoms with Crippen molar-refractivity contribution in [2.75, 3.05) is 31.1 Å². The van der Waals surface area contributed by atoms with Gasteiger partial charge in [0.05, 0.1) is 18.8 Å². The van der Waals surface area contributed by atoms with Crippen molar-refractivity contribution in [2.45, 2.75) is 6.92 Å². The molecule has 6 nitrogen and oxygen atoms in total. The van der Waals surface area contributed by atoms with Crippen molar-refractivity contribution in [3.63, 3.8) is 0 Å². The fraction of sp³-hybridized carbons (Fsp3) is 0.385. The highest BCUT2D eigenvalue weighted by Crippen LogP contribution is 2.31. The molecule has 2 rings (SSSR count). The highest BCUT2D eigenvalue weighted by atomic mass is 16.5. The molecule has 1 aromatic rings. The number of nitrogens with one attached hydrogen (secondary N) is 1. The smallest absolute Gasteiger partial charge is 0.322 e. The fourth-order valence-electron chi connectivity index (χ4n) is 1.95. The van der Waals surface area contributed by atoms with E-state index in [0.717, 1.165) is 17.0 Å². The Labute approximate surface area is 111 Å². The minimum atomic E-state index is -1.05. The van der Waals surface area contributed by atoms with Gasteiger partial charge in [-0.3, -0.25) is 9.59 Å². The summed E-state index contributed by atoms with van der Waals surface area (Å²) in [5, 5.41) is 10.9. The SMILES string of the molecule is Cc1ccc2c(c1)OCCN2CC(=O)NCC(=O)O. The maximum absolute atomic E-state index is 11.6. The van der Waals surface area contributed by atoms with Crippen molar-refractivity contribution in [1.82, 2.24) is 5.32 Å². The number of carbonyl (C=O) groups excluding carboxylic acids is 1. The topological polar surface area (TPSA) is 78.9 Å². The average molecular weight is 264 g/mol. The molecule has 1 aliphatic rings. The van der Waals surface area contributed by atoms with E-state index < -0.39 is 5.97 Å². The summed E-state index contributed by atoms with van der Waals surface area (Å²) < 4.78 is 5.55. The molecule has 0 bridgehead atoms. The number of rotatable bonds is 4. The van der Waals surface area contributed by atoms with E-state index in [1.807, 2.05) is 30.0 Å². The molecule has 0 saturated heterocycles. The van der Waals surface area contributed by atoms with E-state index in [-0.39, 0.29) is 19.0 Å². The molecule has 0 unspecified atom stereocenters. The van der Waals surface area contributed by atoms with Crippen molar-refractivity contribution in [3.05, 3.63) is 23.8 Å². The lowest BCUT2D eigenvalue weighted by Crippen LogP contribution is -2.42. The maximum atomic E-state index is 11.6. The monoisotopic (exact) mass is 264 g/mol. The second kappa shape index (κ2) is 5.60. The Morgan fingerprint density at radius 2 is 2.26 bits per heavy atom.